The van der Waals surface area contributed by atoms with E-state index in [1.165, 1.54) is 11.3 Å². The van der Waals surface area contributed by atoms with E-state index >= 15 is 0 Å². The number of nitrogens with one attached hydrogen (secondary N) is 1. The first kappa shape index (κ1) is 15.3. The lowest BCUT2D eigenvalue weighted by atomic mass is 10.2. The minimum absolute atomic E-state index is 0.134. The van der Waals surface area contributed by atoms with E-state index < -0.39 is 30.4 Å². The maximum atomic E-state index is 12.3. The molecule has 0 aromatic carbocycles. The molecule has 0 spiro atoms. The third-order valence-corrected chi connectivity index (χ3v) is 4.02. The van der Waals surface area contributed by atoms with E-state index in [1.54, 1.807) is 4.90 Å². The van der Waals surface area contributed by atoms with E-state index in [4.69, 9.17) is 10.8 Å². The van der Waals surface area contributed by atoms with Gasteiger partial charge in [0.15, 0.2) is 0 Å². The highest BCUT2D eigenvalue weighted by Crippen LogP contribution is 2.29. The zero-order valence-corrected chi connectivity index (χ0v) is 12.1. The fourth-order valence-electron chi connectivity index (χ4n) is 1.96. The predicted octanol–water partition coefficient (Wildman–Crippen LogP) is 0.751. The van der Waals surface area contributed by atoms with Gasteiger partial charge in [0.2, 0.25) is 5.91 Å². The highest BCUT2D eigenvalue weighted by Gasteiger charge is 2.34. The van der Waals surface area contributed by atoms with Crippen molar-refractivity contribution in [1.82, 2.24) is 10.2 Å². The number of nitrogens with zero attached hydrogens (tertiary/aromatic N) is 1. The molecule has 114 valence electrons. The van der Waals surface area contributed by atoms with Gasteiger partial charge in [-0.2, -0.15) is 0 Å². The van der Waals surface area contributed by atoms with Crippen molar-refractivity contribution in [3.05, 3.63) is 22.4 Å². The molecule has 1 aliphatic carbocycles. The summed E-state index contributed by atoms with van der Waals surface area (Å²) in [6.07, 6.45) is 1.40. The summed E-state index contributed by atoms with van der Waals surface area (Å²) in [5, 5.41) is 13.3. The average molecular weight is 311 g/mol. The second kappa shape index (κ2) is 6.57. The van der Waals surface area contributed by atoms with Crippen LogP contribution in [0.5, 0.6) is 0 Å². The topological polar surface area (TPSA) is 113 Å². The van der Waals surface area contributed by atoms with Crippen LogP contribution in [0, 0.1) is 0 Å². The number of rotatable bonds is 7. The van der Waals surface area contributed by atoms with Crippen molar-refractivity contribution in [2.24, 2.45) is 5.73 Å². The van der Waals surface area contributed by atoms with Crippen molar-refractivity contribution in [2.45, 2.75) is 37.9 Å². The van der Waals surface area contributed by atoms with Gasteiger partial charge in [0.25, 0.3) is 0 Å². The number of nitrogens with two attached hydrogens (primary N) is 1. The second-order valence-corrected chi connectivity index (χ2v) is 5.98. The molecule has 7 nitrogen and oxygen atoms in total. The first-order chi connectivity index (χ1) is 9.97. The zero-order valence-electron chi connectivity index (χ0n) is 11.3. The van der Waals surface area contributed by atoms with Crippen molar-refractivity contribution in [2.75, 3.05) is 0 Å². The molecule has 1 atom stereocenters. The van der Waals surface area contributed by atoms with Crippen LogP contribution in [0.15, 0.2) is 17.5 Å². The molecule has 0 bridgehead atoms. The average Bonchev–Trinajstić information content (AvgIpc) is 3.11. The highest BCUT2D eigenvalue weighted by molar-refractivity contribution is 7.09. The number of carbonyl (C=O) groups excluding carboxylic acids is 2. The number of primary amides is 1. The maximum absolute atomic E-state index is 12.3. The lowest BCUT2D eigenvalue weighted by Gasteiger charge is -2.24. The lowest BCUT2D eigenvalue weighted by Crippen LogP contribution is -2.49. The normalized spacial score (nSPS) is 15.2. The van der Waals surface area contributed by atoms with Gasteiger partial charge >= 0.3 is 12.0 Å². The number of amides is 3. The van der Waals surface area contributed by atoms with Crippen LogP contribution in [-0.2, 0) is 16.1 Å². The van der Waals surface area contributed by atoms with Gasteiger partial charge in [-0.05, 0) is 24.3 Å². The Morgan fingerprint density at radius 3 is 2.67 bits per heavy atom. The summed E-state index contributed by atoms with van der Waals surface area (Å²) in [7, 11) is 0. The Labute approximate surface area is 125 Å². The molecule has 1 saturated carbocycles. The highest BCUT2D eigenvalue weighted by atomic mass is 32.1. The van der Waals surface area contributed by atoms with E-state index in [1.807, 2.05) is 17.5 Å². The van der Waals surface area contributed by atoms with Gasteiger partial charge < -0.3 is 21.1 Å². The number of carboxylic acids is 1. The SMILES string of the molecule is NC(=O)CC(NC(=O)N(Cc1cccs1)C1CC1)C(=O)O. The van der Waals surface area contributed by atoms with Gasteiger partial charge in [-0.25, -0.2) is 9.59 Å². The van der Waals surface area contributed by atoms with Gasteiger partial charge in [0.1, 0.15) is 6.04 Å². The van der Waals surface area contributed by atoms with Crippen LogP contribution in [0.4, 0.5) is 4.79 Å². The number of hydrogen-bond acceptors (Lipinski definition) is 4. The van der Waals surface area contributed by atoms with Gasteiger partial charge in [-0.15, -0.1) is 11.3 Å². The molecule has 3 amide bonds. The van der Waals surface area contributed by atoms with Crippen molar-refractivity contribution >= 4 is 29.2 Å². The minimum atomic E-state index is -1.29. The van der Waals surface area contributed by atoms with Gasteiger partial charge in [0.05, 0.1) is 13.0 Å². The second-order valence-electron chi connectivity index (χ2n) is 4.95. The molecule has 1 aromatic heterocycles. The summed E-state index contributed by atoms with van der Waals surface area (Å²) in [6.45, 7) is 0.442. The standard InChI is InChI=1S/C13H17N3O4S/c14-11(17)6-10(12(18)19)15-13(20)16(8-3-4-8)7-9-2-1-5-21-9/h1-2,5,8,10H,3-4,6-7H2,(H2,14,17)(H,15,20)(H,18,19). The monoisotopic (exact) mass is 311 g/mol. The zero-order chi connectivity index (χ0) is 15.4. The van der Waals surface area contributed by atoms with Crippen LogP contribution < -0.4 is 11.1 Å². The summed E-state index contributed by atoms with van der Waals surface area (Å²) in [6, 6.07) is 2.19. The Bertz CT molecular complexity index is 528. The van der Waals surface area contributed by atoms with Crippen LogP contribution in [0.3, 0.4) is 0 Å². The van der Waals surface area contributed by atoms with Gasteiger partial charge in [-0.1, -0.05) is 6.07 Å². The molecule has 1 heterocycles. The quantitative estimate of drug-likeness (QED) is 0.689. The van der Waals surface area contributed by atoms with E-state index in [2.05, 4.69) is 5.32 Å². The fourth-order valence-corrected chi connectivity index (χ4v) is 2.66. The smallest absolute Gasteiger partial charge is 0.326 e. The van der Waals surface area contributed by atoms with Crippen LogP contribution in [0.25, 0.3) is 0 Å². The third-order valence-electron chi connectivity index (χ3n) is 3.16. The molecule has 1 fully saturated rings. The Hall–Kier alpha value is -2.09. The van der Waals surface area contributed by atoms with Crippen molar-refractivity contribution in [3.8, 4) is 0 Å². The van der Waals surface area contributed by atoms with Crippen LogP contribution in [0.2, 0.25) is 0 Å². The van der Waals surface area contributed by atoms with Gasteiger partial charge in [-0.3, -0.25) is 4.79 Å². The third kappa shape index (κ3) is 4.45. The first-order valence-corrected chi connectivity index (χ1v) is 7.46. The summed E-state index contributed by atoms with van der Waals surface area (Å²) in [5.41, 5.74) is 5.00. The molecular formula is C13H17N3O4S. The Morgan fingerprint density at radius 1 is 1.48 bits per heavy atom. The lowest BCUT2D eigenvalue weighted by molar-refractivity contribution is -0.141. The number of urea groups is 1. The summed E-state index contributed by atoms with van der Waals surface area (Å²) < 4.78 is 0. The number of carbonyl (C=O) groups is 3. The Balaban J connectivity index is 2.00. The molecule has 1 unspecified atom stereocenters. The largest absolute Gasteiger partial charge is 0.480 e. The molecule has 1 aromatic rings. The van der Waals surface area contributed by atoms with Gasteiger partial charge in [0, 0.05) is 10.9 Å². The van der Waals surface area contributed by atoms with E-state index in [0.717, 1.165) is 17.7 Å². The summed E-state index contributed by atoms with van der Waals surface area (Å²) in [4.78, 5) is 36.8. The van der Waals surface area contributed by atoms with Crippen molar-refractivity contribution in [3.63, 3.8) is 0 Å². The molecule has 1 aliphatic rings. The minimum Gasteiger partial charge on any atom is -0.480 e. The molecular weight excluding hydrogens is 294 g/mol. The number of thiophene rings is 1. The van der Waals surface area contributed by atoms with Crippen LogP contribution in [-0.4, -0.2) is 40.0 Å². The number of hydrogen-bond donors (Lipinski definition) is 3. The van der Waals surface area contributed by atoms with E-state index in [-0.39, 0.29) is 6.04 Å². The number of aliphatic carboxylic acids is 1. The van der Waals surface area contributed by atoms with E-state index in [0.29, 0.717) is 6.54 Å². The summed E-state index contributed by atoms with van der Waals surface area (Å²) in [5.74, 6) is -2.03. The fraction of sp³-hybridized carbons (Fsp3) is 0.462. The molecule has 0 saturated heterocycles. The van der Waals surface area contributed by atoms with Crippen molar-refractivity contribution in [1.29, 1.82) is 0 Å². The molecule has 2 rings (SSSR count). The Morgan fingerprint density at radius 2 is 2.19 bits per heavy atom. The molecule has 4 N–H and O–H groups in total. The molecule has 0 aliphatic heterocycles. The van der Waals surface area contributed by atoms with E-state index in [9.17, 15) is 14.4 Å². The summed E-state index contributed by atoms with van der Waals surface area (Å²) >= 11 is 1.54. The van der Waals surface area contributed by atoms with Crippen molar-refractivity contribution < 1.29 is 19.5 Å². The van der Waals surface area contributed by atoms with Crippen LogP contribution >= 0.6 is 11.3 Å². The predicted molar refractivity (Wildman–Crippen MR) is 76.7 cm³/mol. The first-order valence-electron chi connectivity index (χ1n) is 6.58. The molecule has 0 radical (unpaired) electrons. The molecule has 21 heavy (non-hydrogen) atoms. The Kier molecular flexibility index (Phi) is 4.79. The molecule has 8 heteroatoms. The maximum Gasteiger partial charge on any atom is 0.326 e. The number of carboxylic acid groups (broad SMARTS) is 1. The van der Waals surface area contributed by atoms with Crippen LogP contribution in [0.1, 0.15) is 24.1 Å².